The molecule has 16 heavy (non-hydrogen) atoms. The van der Waals surface area contributed by atoms with Crippen molar-refractivity contribution < 1.29 is 22.3 Å². The minimum absolute atomic E-state index is 0.0555. The Bertz CT molecular complexity index is 326. The van der Waals surface area contributed by atoms with Gasteiger partial charge in [0.15, 0.2) is 6.17 Å². The summed E-state index contributed by atoms with van der Waals surface area (Å²) in [5.74, 6) is -1.19. The minimum Gasteiger partial charge on any atom is -0.408 e. The molecule has 90 valence electrons. The summed E-state index contributed by atoms with van der Waals surface area (Å²) in [7, 11) is 0. The van der Waals surface area contributed by atoms with Crippen LogP contribution in [0, 0.1) is 11.3 Å². The van der Waals surface area contributed by atoms with Crippen LogP contribution in [0.15, 0.2) is 11.8 Å². The lowest BCUT2D eigenvalue weighted by molar-refractivity contribution is -0.309. The first kappa shape index (κ1) is 13.1. The summed E-state index contributed by atoms with van der Waals surface area (Å²) in [4.78, 5) is 0. The number of hydrogen-bond acceptors (Lipinski definition) is 3. The minimum atomic E-state index is -4.87. The fraction of sp³-hybridized carbons (Fsp3) is 0.556. The van der Waals surface area contributed by atoms with Crippen molar-refractivity contribution >= 4 is 23.3 Å². The van der Waals surface area contributed by atoms with Gasteiger partial charge in [-0.15, -0.1) is 13.2 Å². The SMILES string of the molecule is N=C(C=S)C1CC=C(OC(F)(F)F)C(F)C1. The molecule has 1 aliphatic carbocycles. The van der Waals surface area contributed by atoms with Gasteiger partial charge in [0.2, 0.25) is 0 Å². The van der Waals surface area contributed by atoms with Gasteiger partial charge in [-0.2, -0.15) is 0 Å². The Hall–Kier alpha value is -0.980. The zero-order chi connectivity index (χ0) is 12.3. The first-order valence-corrected chi connectivity index (χ1v) is 4.94. The number of rotatable bonds is 3. The van der Waals surface area contributed by atoms with Gasteiger partial charge in [0.05, 0.1) is 0 Å². The lowest BCUT2D eigenvalue weighted by Crippen LogP contribution is -2.27. The maximum atomic E-state index is 13.3. The lowest BCUT2D eigenvalue weighted by atomic mass is 9.89. The topological polar surface area (TPSA) is 33.1 Å². The Morgan fingerprint density at radius 2 is 2.19 bits per heavy atom. The molecule has 1 N–H and O–H groups in total. The number of allylic oxidation sites excluding steroid dienone is 2. The first-order chi connectivity index (χ1) is 7.33. The average molecular weight is 255 g/mol. The normalized spacial score (nSPS) is 25.9. The highest BCUT2D eigenvalue weighted by molar-refractivity contribution is 7.80. The van der Waals surface area contributed by atoms with E-state index in [-0.39, 0.29) is 18.6 Å². The predicted molar refractivity (Wildman–Crippen MR) is 54.2 cm³/mol. The third-order valence-electron chi connectivity index (χ3n) is 2.20. The molecule has 0 bridgehead atoms. The maximum absolute atomic E-state index is 13.3. The van der Waals surface area contributed by atoms with Crippen molar-refractivity contribution in [3.63, 3.8) is 0 Å². The van der Waals surface area contributed by atoms with Crippen molar-refractivity contribution in [3.05, 3.63) is 11.8 Å². The van der Waals surface area contributed by atoms with Crippen LogP contribution in [-0.2, 0) is 4.74 Å². The van der Waals surface area contributed by atoms with E-state index in [2.05, 4.69) is 17.0 Å². The van der Waals surface area contributed by atoms with Crippen LogP contribution in [0.3, 0.4) is 0 Å². The second kappa shape index (κ2) is 4.90. The van der Waals surface area contributed by atoms with Gasteiger partial charge < -0.3 is 10.1 Å². The van der Waals surface area contributed by atoms with Gasteiger partial charge in [-0.3, -0.25) is 0 Å². The highest BCUT2D eigenvalue weighted by Gasteiger charge is 2.37. The van der Waals surface area contributed by atoms with E-state index in [4.69, 9.17) is 5.41 Å². The largest absolute Gasteiger partial charge is 0.572 e. The molecule has 1 aliphatic rings. The predicted octanol–water partition coefficient (Wildman–Crippen LogP) is 3.17. The van der Waals surface area contributed by atoms with Gasteiger partial charge in [-0.05, 0) is 18.9 Å². The molecule has 2 atom stereocenters. The summed E-state index contributed by atoms with van der Waals surface area (Å²) in [5.41, 5.74) is 0.0555. The molecular weight excluding hydrogens is 246 g/mol. The van der Waals surface area contributed by atoms with E-state index >= 15 is 0 Å². The summed E-state index contributed by atoms with van der Waals surface area (Å²) >= 11 is 4.51. The standard InChI is InChI=1S/C9H9F4NOS/c10-6-3-5(7(14)4-16)1-2-8(6)15-9(11,12)13/h2,4-6,14H,1,3H2. The number of ether oxygens (including phenoxy) is 1. The molecule has 0 saturated heterocycles. The summed E-state index contributed by atoms with van der Waals surface area (Å²) in [5, 5.41) is 8.45. The third-order valence-corrected chi connectivity index (χ3v) is 2.46. The molecule has 0 saturated carbocycles. The summed E-state index contributed by atoms with van der Waals surface area (Å²) < 4.78 is 52.3. The Balaban J connectivity index is 2.68. The molecule has 2 unspecified atom stereocenters. The Labute approximate surface area is 94.8 Å². The van der Waals surface area contributed by atoms with E-state index in [1.165, 1.54) is 0 Å². The molecule has 0 amide bonds. The van der Waals surface area contributed by atoms with E-state index in [1.807, 2.05) is 0 Å². The fourth-order valence-electron chi connectivity index (χ4n) is 1.44. The molecule has 0 fully saturated rings. The van der Waals surface area contributed by atoms with E-state index in [9.17, 15) is 17.6 Å². The summed E-state index contributed by atoms with van der Waals surface area (Å²) in [6.07, 6.45) is -5.75. The zero-order valence-corrected chi connectivity index (χ0v) is 8.87. The van der Waals surface area contributed by atoms with Crippen molar-refractivity contribution in [1.82, 2.24) is 0 Å². The van der Waals surface area contributed by atoms with Crippen molar-refractivity contribution in [3.8, 4) is 0 Å². The van der Waals surface area contributed by atoms with Crippen LogP contribution in [0.4, 0.5) is 17.6 Å². The van der Waals surface area contributed by atoms with E-state index in [0.717, 1.165) is 11.4 Å². The molecule has 0 radical (unpaired) electrons. The molecule has 0 spiro atoms. The monoisotopic (exact) mass is 255 g/mol. The number of alkyl halides is 4. The van der Waals surface area contributed by atoms with Gasteiger partial charge in [0.25, 0.3) is 0 Å². The van der Waals surface area contributed by atoms with Gasteiger partial charge in [0, 0.05) is 17.0 Å². The van der Waals surface area contributed by atoms with Gasteiger partial charge in [0.1, 0.15) is 5.76 Å². The van der Waals surface area contributed by atoms with Gasteiger partial charge in [-0.1, -0.05) is 12.2 Å². The lowest BCUT2D eigenvalue weighted by Gasteiger charge is -2.24. The number of thiocarbonyl (C=S) groups is 1. The van der Waals surface area contributed by atoms with Crippen LogP contribution >= 0.6 is 12.2 Å². The molecule has 2 nitrogen and oxygen atoms in total. The first-order valence-electron chi connectivity index (χ1n) is 4.47. The fourth-order valence-corrected chi connectivity index (χ4v) is 1.63. The van der Waals surface area contributed by atoms with Crippen molar-refractivity contribution in [2.24, 2.45) is 5.92 Å². The number of nitrogens with one attached hydrogen (secondary N) is 1. The van der Waals surface area contributed by atoms with E-state index in [1.54, 1.807) is 0 Å². The molecule has 0 aromatic carbocycles. The van der Waals surface area contributed by atoms with Crippen molar-refractivity contribution in [2.45, 2.75) is 25.4 Å². The van der Waals surface area contributed by atoms with Crippen LogP contribution in [0.2, 0.25) is 0 Å². The van der Waals surface area contributed by atoms with Crippen molar-refractivity contribution in [1.29, 1.82) is 5.41 Å². The van der Waals surface area contributed by atoms with Crippen LogP contribution in [-0.4, -0.2) is 23.6 Å². The molecular formula is C9H9F4NOS. The van der Waals surface area contributed by atoms with Crippen molar-refractivity contribution in [2.75, 3.05) is 0 Å². The van der Waals surface area contributed by atoms with Crippen LogP contribution < -0.4 is 0 Å². The van der Waals surface area contributed by atoms with E-state index < -0.39 is 24.2 Å². The smallest absolute Gasteiger partial charge is 0.408 e. The Morgan fingerprint density at radius 3 is 2.62 bits per heavy atom. The maximum Gasteiger partial charge on any atom is 0.572 e. The molecule has 0 aromatic rings. The average Bonchev–Trinajstić information content (AvgIpc) is 2.18. The summed E-state index contributed by atoms with van der Waals surface area (Å²) in [6.45, 7) is 0. The molecule has 0 heterocycles. The Morgan fingerprint density at radius 1 is 1.56 bits per heavy atom. The Kier molecular flexibility index (Phi) is 4.01. The number of halogens is 4. The molecule has 0 aliphatic heterocycles. The van der Waals surface area contributed by atoms with Crippen LogP contribution in [0.1, 0.15) is 12.8 Å². The van der Waals surface area contributed by atoms with Crippen LogP contribution in [0.5, 0.6) is 0 Å². The second-order valence-electron chi connectivity index (χ2n) is 3.36. The number of hydrogen-bond donors (Lipinski definition) is 1. The quantitative estimate of drug-likeness (QED) is 0.477. The molecule has 0 aromatic heterocycles. The third kappa shape index (κ3) is 3.55. The van der Waals surface area contributed by atoms with E-state index in [0.29, 0.717) is 0 Å². The highest BCUT2D eigenvalue weighted by Crippen LogP contribution is 2.32. The second-order valence-corrected chi connectivity index (χ2v) is 3.60. The molecule has 7 heteroatoms. The van der Waals surface area contributed by atoms with Crippen LogP contribution in [0.25, 0.3) is 0 Å². The molecule has 1 rings (SSSR count). The highest BCUT2D eigenvalue weighted by atomic mass is 32.1. The summed E-state index contributed by atoms with van der Waals surface area (Å²) in [6, 6.07) is 0. The zero-order valence-electron chi connectivity index (χ0n) is 8.05. The van der Waals surface area contributed by atoms with Gasteiger partial charge in [-0.25, -0.2) is 4.39 Å². The van der Waals surface area contributed by atoms with Gasteiger partial charge >= 0.3 is 6.36 Å².